The molecule has 154 valence electrons. The van der Waals surface area contributed by atoms with Gasteiger partial charge in [0.2, 0.25) is 5.91 Å². The van der Waals surface area contributed by atoms with E-state index in [0.29, 0.717) is 34.3 Å². The van der Waals surface area contributed by atoms with Crippen LogP contribution in [0.1, 0.15) is 25.1 Å². The molecule has 2 aromatic heterocycles. The average Bonchev–Trinajstić information content (AvgIpc) is 3.04. The summed E-state index contributed by atoms with van der Waals surface area (Å²) in [6.07, 6.45) is 0.735. The number of hydrogen-bond donors (Lipinski definition) is 2. The standard InChI is InChI=1S/C21H25ClN4O2S/c1-13(2)11-26-20(28)19-17(10-14(3)24-19)25-21(26)29-12-18(27)23-9-8-15-4-6-16(22)7-5-15/h4-7,10,13,24H,8-9,11-12H2,1-3H3,(H,23,27). The van der Waals surface area contributed by atoms with E-state index in [-0.39, 0.29) is 23.1 Å². The third-order valence-corrected chi connectivity index (χ3v) is 5.60. The Balaban J connectivity index is 1.64. The van der Waals surface area contributed by atoms with Gasteiger partial charge in [-0.15, -0.1) is 0 Å². The summed E-state index contributed by atoms with van der Waals surface area (Å²) in [7, 11) is 0. The van der Waals surface area contributed by atoms with Crippen molar-refractivity contribution in [2.45, 2.75) is 38.9 Å². The number of H-pyrrole nitrogens is 1. The summed E-state index contributed by atoms with van der Waals surface area (Å²) in [5.74, 6) is 0.412. The molecule has 0 saturated heterocycles. The maximum atomic E-state index is 12.9. The monoisotopic (exact) mass is 432 g/mol. The van der Waals surface area contributed by atoms with Crippen LogP contribution in [-0.4, -0.2) is 32.7 Å². The highest BCUT2D eigenvalue weighted by Crippen LogP contribution is 2.19. The van der Waals surface area contributed by atoms with Crippen LogP contribution in [0.2, 0.25) is 5.02 Å². The van der Waals surface area contributed by atoms with E-state index in [1.54, 1.807) is 4.57 Å². The average molecular weight is 433 g/mol. The largest absolute Gasteiger partial charge is 0.355 e. The van der Waals surface area contributed by atoms with Crippen molar-refractivity contribution in [2.24, 2.45) is 5.92 Å². The van der Waals surface area contributed by atoms with E-state index in [0.717, 1.165) is 17.7 Å². The Bertz CT molecular complexity index is 1060. The number of rotatable bonds is 8. The summed E-state index contributed by atoms with van der Waals surface area (Å²) in [5.41, 5.74) is 3.06. The first-order chi connectivity index (χ1) is 13.8. The van der Waals surface area contributed by atoms with Gasteiger partial charge in [0.15, 0.2) is 5.16 Å². The van der Waals surface area contributed by atoms with Crippen molar-refractivity contribution in [2.75, 3.05) is 12.3 Å². The van der Waals surface area contributed by atoms with Crippen molar-refractivity contribution in [1.82, 2.24) is 19.9 Å². The van der Waals surface area contributed by atoms with Crippen molar-refractivity contribution in [3.05, 3.63) is 57.0 Å². The summed E-state index contributed by atoms with van der Waals surface area (Å²) in [6, 6.07) is 9.44. The van der Waals surface area contributed by atoms with Crippen LogP contribution in [0.3, 0.4) is 0 Å². The van der Waals surface area contributed by atoms with Gasteiger partial charge >= 0.3 is 0 Å². The first-order valence-electron chi connectivity index (χ1n) is 9.57. The molecule has 29 heavy (non-hydrogen) atoms. The minimum atomic E-state index is -0.0950. The lowest BCUT2D eigenvalue weighted by Crippen LogP contribution is -2.29. The third kappa shape index (κ3) is 5.64. The minimum Gasteiger partial charge on any atom is -0.355 e. The summed E-state index contributed by atoms with van der Waals surface area (Å²) < 4.78 is 1.66. The lowest BCUT2D eigenvalue weighted by molar-refractivity contribution is -0.118. The van der Waals surface area contributed by atoms with Crippen molar-refractivity contribution in [3.63, 3.8) is 0 Å². The molecule has 1 aromatic carbocycles. The molecule has 2 heterocycles. The molecule has 0 aliphatic rings. The van der Waals surface area contributed by atoms with E-state index in [2.05, 4.69) is 29.1 Å². The van der Waals surface area contributed by atoms with E-state index in [9.17, 15) is 9.59 Å². The molecule has 0 aliphatic heterocycles. The zero-order valence-electron chi connectivity index (χ0n) is 16.8. The molecule has 1 amide bonds. The number of thioether (sulfide) groups is 1. The van der Waals surface area contributed by atoms with Gasteiger partial charge in [-0.25, -0.2) is 4.98 Å². The maximum absolute atomic E-state index is 12.9. The smallest absolute Gasteiger partial charge is 0.278 e. The van der Waals surface area contributed by atoms with Crippen LogP contribution < -0.4 is 10.9 Å². The number of nitrogens with one attached hydrogen (secondary N) is 2. The van der Waals surface area contributed by atoms with E-state index in [4.69, 9.17) is 11.6 Å². The number of aryl methyl sites for hydroxylation is 1. The molecule has 8 heteroatoms. The van der Waals surface area contributed by atoms with Gasteiger partial charge in [-0.1, -0.05) is 49.3 Å². The van der Waals surface area contributed by atoms with E-state index in [1.807, 2.05) is 37.3 Å². The number of benzene rings is 1. The Morgan fingerprint density at radius 2 is 2.03 bits per heavy atom. The number of fused-ring (bicyclic) bond motifs is 1. The second-order valence-corrected chi connectivity index (χ2v) is 8.81. The third-order valence-electron chi connectivity index (χ3n) is 4.37. The van der Waals surface area contributed by atoms with Crippen LogP contribution >= 0.6 is 23.4 Å². The summed E-state index contributed by atoms with van der Waals surface area (Å²) in [4.78, 5) is 32.8. The number of aromatic amines is 1. The van der Waals surface area contributed by atoms with Crippen molar-refractivity contribution >= 4 is 40.3 Å². The molecular weight excluding hydrogens is 408 g/mol. The number of carbonyl (C=O) groups excluding carboxylic acids is 1. The molecule has 0 bridgehead atoms. The van der Waals surface area contributed by atoms with E-state index >= 15 is 0 Å². The van der Waals surface area contributed by atoms with Crippen LogP contribution in [0.25, 0.3) is 11.0 Å². The fourth-order valence-electron chi connectivity index (χ4n) is 3.03. The van der Waals surface area contributed by atoms with Gasteiger partial charge < -0.3 is 10.3 Å². The molecule has 0 aliphatic carbocycles. The number of carbonyl (C=O) groups is 1. The number of aromatic nitrogens is 3. The van der Waals surface area contributed by atoms with Crippen LogP contribution in [0.5, 0.6) is 0 Å². The zero-order chi connectivity index (χ0) is 21.0. The van der Waals surface area contributed by atoms with E-state index < -0.39 is 0 Å². The van der Waals surface area contributed by atoms with Gasteiger partial charge in [-0.3, -0.25) is 14.2 Å². The van der Waals surface area contributed by atoms with E-state index in [1.165, 1.54) is 11.8 Å². The Kier molecular flexibility index (Phi) is 7.03. The minimum absolute atomic E-state index is 0.0837. The number of hydrogen-bond acceptors (Lipinski definition) is 4. The quantitative estimate of drug-likeness (QED) is 0.419. The molecule has 6 nitrogen and oxygen atoms in total. The molecule has 3 rings (SSSR count). The van der Waals surface area contributed by atoms with Crippen molar-refractivity contribution in [1.29, 1.82) is 0 Å². The molecule has 3 aromatic rings. The van der Waals surface area contributed by atoms with Crippen LogP contribution in [0, 0.1) is 12.8 Å². The Labute approximate surface area is 179 Å². The predicted molar refractivity (Wildman–Crippen MR) is 119 cm³/mol. The van der Waals surface area contributed by atoms with Crippen LogP contribution in [0.4, 0.5) is 0 Å². The van der Waals surface area contributed by atoms with Crippen molar-refractivity contribution < 1.29 is 4.79 Å². The number of amides is 1. The van der Waals surface area contributed by atoms with Gasteiger partial charge in [0.25, 0.3) is 5.56 Å². The number of halogens is 1. The highest BCUT2D eigenvalue weighted by molar-refractivity contribution is 7.99. The molecule has 0 fully saturated rings. The molecule has 0 radical (unpaired) electrons. The fraction of sp³-hybridized carbons (Fsp3) is 0.381. The highest BCUT2D eigenvalue weighted by atomic mass is 35.5. The topological polar surface area (TPSA) is 79.8 Å². The number of nitrogens with zero attached hydrogens (tertiary/aromatic N) is 2. The normalized spacial score (nSPS) is 11.3. The van der Waals surface area contributed by atoms with Gasteiger partial charge in [0, 0.05) is 23.8 Å². The second kappa shape index (κ2) is 9.50. The maximum Gasteiger partial charge on any atom is 0.278 e. The summed E-state index contributed by atoms with van der Waals surface area (Å²) in [5, 5.41) is 4.19. The molecule has 2 N–H and O–H groups in total. The predicted octanol–water partition coefficient (Wildman–Crippen LogP) is 3.79. The highest BCUT2D eigenvalue weighted by Gasteiger charge is 2.15. The lowest BCUT2D eigenvalue weighted by atomic mass is 10.1. The van der Waals surface area contributed by atoms with Gasteiger partial charge in [-0.05, 0) is 43.0 Å². The van der Waals surface area contributed by atoms with Crippen molar-refractivity contribution in [3.8, 4) is 0 Å². The van der Waals surface area contributed by atoms with Crippen LogP contribution in [0.15, 0.2) is 40.3 Å². The Hall–Kier alpha value is -2.25. The van der Waals surface area contributed by atoms with Crippen LogP contribution in [-0.2, 0) is 17.8 Å². The molecule has 0 atom stereocenters. The lowest BCUT2D eigenvalue weighted by Gasteiger charge is -2.13. The molecule has 0 spiro atoms. The van der Waals surface area contributed by atoms with Gasteiger partial charge in [0.05, 0.1) is 11.3 Å². The summed E-state index contributed by atoms with van der Waals surface area (Å²) >= 11 is 7.18. The van der Waals surface area contributed by atoms with Gasteiger partial charge in [-0.2, -0.15) is 0 Å². The molecule has 0 unspecified atom stereocenters. The first kappa shape index (κ1) is 21.5. The van der Waals surface area contributed by atoms with Gasteiger partial charge in [0.1, 0.15) is 5.52 Å². The molecule has 0 saturated carbocycles. The molecular formula is C21H25ClN4O2S. The zero-order valence-corrected chi connectivity index (χ0v) is 18.4. The SMILES string of the molecule is Cc1cc2nc(SCC(=O)NCCc3ccc(Cl)cc3)n(CC(C)C)c(=O)c2[nH]1. The second-order valence-electron chi connectivity index (χ2n) is 7.43. The summed E-state index contributed by atoms with van der Waals surface area (Å²) in [6.45, 7) is 7.10. The Morgan fingerprint density at radius 1 is 1.31 bits per heavy atom. The fourth-order valence-corrected chi connectivity index (χ4v) is 3.99. The first-order valence-corrected chi connectivity index (χ1v) is 10.9. The Morgan fingerprint density at radius 3 is 2.72 bits per heavy atom.